The number of rotatable bonds is 4. The van der Waals surface area contributed by atoms with E-state index in [-0.39, 0.29) is 0 Å². The van der Waals surface area contributed by atoms with E-state index in [0.717, 1.165) is 11.8 Å². The van der Waals surface area contributed by atoms with Gasteiger partial charge in [-0.05, 0) is 5.92 Å². The van der Waals surface area contributed by atoms with Gasteiger partial charge in [-0.3, -0.25) is 0 Å². The second kappa shape index (κ2) is 9.96. The lowest BCUT2D eigenvalue weighted by Gasteiger charge is -2.14. The third-order valence-electron chi connectivity index (χ3n) is 2.22. The highest BCUT2D eigenvalue weighted by atomic mass is 14.8. The molecule has 0 amide bonds. The Balaban J connectivity index is 0. The number of quaternary nitrogens is 1. The molecule has 0 radical (unpaired) electrons. The molecule has 70 valence electrons. The van der Waals surface area contributed by atoms with Gasteiger partial charge in [0.2, 0.25) is 0 Å². The van der Waals surface area contributed by atoms with E-state index in [4.69, 9.17) is 0 Å². The quantitative estimate of drug-likeness (QED) is 0.647. The first-order chi connectivity index (χ1) is 5.22. The largest absolute Gasteiger partial charge is 0.348 e. The molecule has 1 heteroatoms. The minimum atomic E-state index is 0.875. The fraction of sp³-hybridized carbons (Fsp3) is 1.00. The van der Waals surface area contributed by atoms with Crippen molar-refractivity contribution in [1.29, 1.82) is 0 Å². The lowest BCUT2D eigenvalue weighted by molar-refractivity contribution is -0.633. The Morgan fingerprint density at radius 3 is 1.82 bits per heavy atom. The van der Waals surface area contributed by atoms with Crippen molar-refractivity contribution in [2.45, 2.75) is 41.0 Å². The Kier molecular flexibility index (Phi) is 12.3. The Bertz CT molecular complexity index is 61.9. The van der Waals surface area contributed by atoms with Crippen molar-refractivity contribution >= 4 is 0 Å². The number of hydrogen-bond acceptors (Lipinski definition) is 0. The molecule has 0 rings (SSSR count). The van der Waals surface area contributed by atoms with Gasteiger partial charge in [-0.15, -0.1) is 0 Å². The minimum absolute atomic E-state index is 0.875. The second-order valence-electron chi connectivity index (χ2n) is 3.01. The predicted molar refractivity (Wildman–Crippen MR) is 52.7 cm³/mol. The molecule has 0 heterocycles. The van der Waals surface area contributed by atoms with Gasteiger partial charge >= 0.3 is 0 Å². The molecule has 0 spiro atoms. The van der Waals surface area contributed by atoms with Crippen molar-refractivity contribution in [2.24, 2.45) is 11.8 Å². The van der Waals surface area contributed by atoms with Gasteiger partial charge in [0, 0.05) is 5.92 Å². The molecular weight excluding hydrogens is 134 g/mol. The average Bonchev–Trinajstić information content (AvgIpc) is 2.07. The van der Waals surface area contributed by atoms with E-state index >= 15 is 0 Å². The molecule has 0 fully saturated rings. The van der Waals surface area contributed by atoms with E-state index in [0.29, 0.717) is 0 Å². The zero-order valence-corrected chi connectivity index (χ0v) is 9.15. The molecule has 2 unspecified atom stereocenters. The maximum atomic E-state index is 2.33. The highest BCUT2D eigenvalue weighted by molar-refractivity contribution is 4.56. The molecule has 0 aliphatic rings. The molecule has 0 aliphatic carbocycles. The van der Waals surface area contributed by atoms with Gasteiger partial charge in [0.25, 0.3) is 0 Å². The molecule has 2 atom stereocenters. The Morgan fingerprint density at radius 1 is 1.09 bits per heavy atom. The minimum Gasteiger partial charge on any atom is -0.348 e. The summed E-state index contributed by atoms with van der Waals surface area (Å²) in [5.41, 5.74) is 0. The van der Waals surface area contributed by atoms with E-state index in [1.165, 1.54) is 13.0 Å². The van der Waals surface area contributed by atoms with Gasteiger partial charge in [0.15, 0.2) is 0 Å². The van der Waals surface area contributed by atoms with Crippen molar-refractivity contribution in [3.63, 3.8) is 0 Å². The van der Waals surface area contributed by atoms with Crippen LogP contribution in [0.1, 0.15) is 41.0 Å². The summed E-state index contributed by atoms with van der Waals surface area (Å²) >= 11 is 0. The highest BCUT2D eigenvalue weighted by Crippen LogP contribution is 2.11. The van der Waals surface area contributed by atoms with Gasteiger partial charge in [-0.1, -0.05) is 41.0 Å². The van der Waals surface area contributed by atoms with Crippen LogP contribution in [0.25, 0.3) is 0 Å². The Labute approximate surface area is 72.6 Å². The highest BCUT2D eigenvalue weighted by Gasteiger charge is 2.09. The number of hydrogen-bond donors (Lipinski definition) is 1. The first-order valence-corrected chi connectivity index (χ1v) is 5.00. The summed E-state index contributed by atoms with van der Waals surface area (Å²) < 4.78 is 0. The molecule has 1 nitrogen and oxygen atoms in total. The lowest BCUT2D eigenvalue weighted by Crippen LogP contribution is -2.81. The summed E-state index contributed by atoms with van der Waals surface area (Å²) in [6.07, 6.45) is 1.31. The van der Waals surface area contributed by atoms with Crippen molar-refractivity contribution in [3.8, 4) is 0 Å². The van der Waals surface area contributed by atoms with E-state index in [9.17, 15) is 0 Å². The molecule has 0 saturated carbocycles. The van der Waals surface area contributed by atoms with E-state index in [2.05, 4.69) is 33.1 Å². The molecule has 0 aromatic rings. The fourth-order valence-electron chi connectivity index (χ4n) is 1.01. The van der Waals surface area contributed by atoms with Crippen LogP contribution in [0.5, 0.6) is 0 Å². The number of nitrogens with two attached hydrogens (primary N) is 1. The van der Waals surface area contributed by atoms with E-state index in [1.54, 1.807) is 0 Å². The third kappa shape index (κ3) is 7.86. The van der Waals surface area contributed by atoms with Crippen LogP contribution in [0.2, 0.25) is 0 Å². The topological polar surface area (TPSA) is 16.6 Å². The van der Waals surface area contributed by atoms with Crippen molar-refractivity contribution in [3.05, 3.63) is 0 Å². The fourth-order valence-corrected chi connectivity index (χ4v) is 1.01. The summed E-state index contributed by atoms with van der Waals surface area (Å²) in [5.74, 6) is 1.76. The summed E-state index contributed by atoms with van der Waals surface area (Å²) in [7, 11) is 2.14. The molecule has 0 bridgehead atoms. The van der Waals surface area contributed by atoms with E-state index in [1.807, 2.05) is 13.8 Å². The van der Waals surface area contributed by atoms with Crippen LogP contribution >= 0.6 is 0 Å². The molecule has 11 heavy (non-hydrogen) atoms. The predicted octanol–water partition coefficient (Wildman–Crippen LogP) is 1.89. The van der Waals surface area contributed by atoms with E-state index < -0.39 is 0 Å². The van der Waals surface area contributed by atoms with Gasteiger partial charge in [-0.2, -0.15) is 0 Å². The Hall–Kier alpha value is -0.0400. The molecule has 2 N–H and O–H groups in total. The van der Waals surface area contributed by atoms with Gasteiger partial charge in [0.05, 0.1) is 13.6 Å². The summed E-state index contributed by atoms with van der Waals surface area (Å²) in [6.45, 7) is 12.2. The van der Waals surface area contributed by atoms with Gasteiger partial charge in [-0.25, -0.2) is 0 Å². The van der Waals surface area contributed by atoms with Crippen LogP contribution in [-0.2, 0) is 0 Å². The SMILES string of the molecule is CC.CCC(C)C(C)C[NH2+]C. The normalized spacial score (nSPS) is 14.7. The van der Waals surface area contributed by atoms with Crippen molar-refractivity contribution in [2.75, 3.05) is 13.6 Å². The average molecular weight is 160 g/mol. The molecule has 0 aromatic heterocycles. The Morgan fingerprint density at radius 2 is 1.55 bits per heavy atom. The molecule has 0 aliphatic heterocycles. The molecule has 0 aromatic carbocycles. The zero-order chi connectivity index (χ0) is 9.28. The van der Waals surface area contributed by atoms with Crippen molar-refractivity contribution < 1.29 is 5.32 Å². The summed E-state index contributed by atoms with van der Waals surface area (Å²) in [5, 5.41) is 2.26. The first-order valence-electron chi connectivity index (χ1n) is 5.00. The van der Waals surface area contributed by atoms with Crippen LogP contribution < -0.4 is 5.32 Å². The summed E-state index contributed by atoms with van der Waals surface area (Å²) in [4.78, 5) is 0. The van der Waals surface area contributed by atoms with Crippen LogP contribution in [0.4, 0.5) is 0 Å². The monoisotopic (exact) mass is 160 g/mol. The lowest BCUT2D eigenvalue weighted by atomic mass is 9.94. The maximum Gasteiger partial charge on any atom is 0.0781 e. The van der Waals surface area contributed by atoms with Crippen LogP contribution in [0.15, 0.2) is 0 Å². The standard InChI is InChI=1S/C8H19N.C2H6/c1-5-7(2)8(3)6-9-4;1-2/h7-9H,5-6H2,1-4H3;1-2H3/p+1. The molecule has 0 saturated heterocycles. The zero-order valence-electron chi connectivity index (χ0n) is 9.15. The maximum absolute atomic E-state index is 2.33. The molecular formula is C10H26N+. The smallest absolute Gasteiger partial charge is 0.0781 e. The first kappa shape index (κ1) is 13.5. The van der Waals surface area contributed by atoms with Crippen molar-refractivity contribution in [1.82, 2.24) is 0 Å². The van der Waals surface area contributed by atoms with Gasteiger partial charge < -0.3 is 5.32 Å². The summed E-state index contributed by atoms with van der Waals surface area (Å²) in [6, 6.07) is 0. The second-order valence-corrected chi connectivity index (χ2v) is 3.01. The van der Waals surface area contributed by atoms with Crippen LogP contribution in [0, 0.1) is 11.8 Å². The van der Waals surface area contributed by atoms with Gasteiger partial charge in [0.1, 0.15) is 0 Å². The van der Waals surface area contributed by atoms with Crippen LogP contribution in [0.3, 0.4) is 0 Å². The van der Waals surface area contributed by atoms with Crippen LogP contribution in [-0.4, -0.2) is 13.6 Å². The third-order valence-corrected chi connectivity index (χ3v) is 2.22.